The molecule has 0 amide bonds. The first-order valence-corrected chi connectivity index (χ1v) is 14.1. The summed E-state index contributed by atoms with van der Waals surface area (Å²) < 4.78 is 118. The predicted octanol–water partition coefficient (Wildman–Crippen LogP) is 8.34. The van der Waals surface area contributed by atoms with Crippen LogP contribution in [0.3, 0.4) is 0 Å². The molecule has 1 aliphatic carbocycles. The Balaban J connectivity index is 1.89. The van der Waals surface area contributed by atoms with E-state index in [0.29, 0.717) is 0 Å². The van der Waals surface area contributed by atoms with Crippen LogP contribution >= 0.6 is 46.7 Å². The number of phenolic OH excluding ortho intramolecular Hbond substituents is 2. The van der Waals surface area contributed by atoms with Crippen LogP contribution in [0, 0.1) is 69.2 Å². The Morgan fingerprint density at radius 2 is 0.804 bits per heavy atom. The summed E-state index contributed by atoms with van der Waals surface area (Å²) in [5, 5.41) is 36.3. The highest BCUT2D eigenvalue weighted by atomic mass is 35.5. The number of carbonyl (C=O) groups is 2. The maximum atomic E-state index is 15.0. The van der Waals surface area contributed by atoms with E-state index in [2.05, 4.69) is 0 Å². The van der Waals surface area contributed by atoms with Gasteiger partial charge in [0.15, 0.2) is 58.1 Å². The summed E-state index contributed by atoms with van der Waals surface area (Å²) in [4.78, 5) is 21.9. The zero-order valence-electron chi connectivity index (χ0n) is 21.4. The quantitative estimate of drug-likeness (QED) is 0.108. The van der Waals surface area contributed by atoms with E-state index in [1.54, 1.807) is 0 Å². The second-order valence-electron chi connectivity index (χ2n) is 8.90. The Labute approximate surface area is 268 Å². The lowest BCUT2D eigenvalue weighted by Crippen LogP contribution is -2.23. The summed E-state index contributed by atoms with van der Waals surface area (Å²) in [7, 11) is 0. The van der Waals surface area contributed by atoms with Gasteiger partial charge in [0.25, 0.3) is 0 Å². The molecule has 0 fully saturated rings. The molecule has 0 heterocycles. The van der Waals surface area contributed by atoms with Crippen LogP contribution < -0.4 is 0 Å². The van der Waals surface area contributed by atoms with Gasteiger partial charge >= 0.3 is 0 Å². The molecular formula is C28H4Cl2F8N2O4S2. The normalized spacial score (nSPS) is 12.1. The van der Waals surface area contributed by atoms with Gasteiger partial charge in [-0.3, -0.25) is 9.59 Å². The first kappa shape index (κ1) is 32.9. The molecule has 0 atom stereocenters. The van der Waals surface area contributed by atoms with Crippen molar-refractivity contribution in [3.63, 3.8) is 0 Å². The van der Waals surface area contributed by atoms with Crippen molar-refractivity contribution in [1.82, 2.24) is 0 Å². The molecule has 1 aliphatic rings. The molecule has 0 bridgehead atoms. The molecule has 0 saturated heterocycles. The van der Waals surface area contributed by atoms with E-state index in [1.807, 2.05) is 0 Å². The van der Waals surface area contributed by atoms with Crippen molar-refractivity contribution in [3.05, 3.63) is 102 Å². The lowest BCUT2D eigenvalue weighted by atomic mass is 9.83. The number of hydrogen-bond acceptors (Lipinski definition) is 8. The van der Waals surface area contributed by atoms with Gasteiger partial charge in [0, 0.05) is 9.79 Å². The summed E-state index contributed by atoms with van der Waals surface area (Å²) >= 11 is 12.1. The number of rotatable bonds is 4. The van der Waals surface area contributed by atoms with Crippen molar-refractivity contribution in [2.75, 3.05) is 0 Å². The molecule has 0 aromatic heterocycles. The molecule has 232 valence electrons. The number of phenols is 2. The van der Waals surface area contributed by atoms with E-state index in [0.717, 1.165) is 24.3 Å². The average molecular weight is 719 g/mol. The zero-order chi connectivity index (χ0) is 34.1. The van der Waals surface area contributed by atoms with Crippen LogP contribution in [-0.2, 0) is 0 Å². The largest absolute Gasteiger partial charge is 0.507 e. The van der Waals surface area contributed by atoms with Crippen LogP contribution in [0.25, 0.3) is 0 Å². The summed E-state index contributed by atoms with van der Waals surface area (Å²) in [6.07, 6.45) is 0. The van der Waals surface area contributed by atoms with Crippen LogP contribution in [0.15, 0.2) is 31.7 Å². The molecule has 46 heavy (non-hydrogen) atoms. The first-order valence-electron chi connectivity index (χ1n) is 11.7. The fourth-order valence-corrected chi connectivity index (χ4v) is 7.39. The van der Waals surface area contributed by atoms with Gasteiger partial charge < -0.3 is 10.2 Å². The second-order valence-corrected chi connectivity index (χ2v) is 11.7. The number of ketones is 2. The Kier molecular flexibility index (Phi) is 8.37. The molecular weight excluding hydrogens is 715 g/mol. The first-order chi connectivity index (χ1) is 21.6. The third-order valence-corrected chi connectivity index (χ3v) is 9.90. The third-order valence-electron chi connectivity index (χ3n) is 6.44. The van der Waals surface area contributed by atoms with Gasteiger partial charge in [-0.25, -0.2) is 35.1 Å². The maximum Gasteiger partial charge on any atom is 0.199 e. The van der Waals surface area contributed by atoms with Crippen molar-refractivity contribution in [3.8, 4) is 23.6 Å². The van der Waals surface area contributed by atoms with E-state index in [9.17, 15) is 54.9 Å². The summed E-state index contributed by atoms with van der Waals surface area (Å²) in [5.74, 6) is -21.9. The minimum atomic E-state index is -2.19. The summed E-state index contributed by atoms with van der Waals surface area (Å²) in [6, 6.07) is 3.44. The Hall–Kier alpha value is -4.48. The Morgan fingerprint density at radius 3 is 1.07 bits per heavy atom. The lowest BCUT2D eigenvalue weighted by molar-refractivity contribution is 0.0974. The van der Waals surface area contributed by atoms with Crippen molar-refractivity contribution < 1.29 is 54.9 Å². The van der Waals surface area contributed by atoms with Gasteiger partial charge in [-0.2, -0.15) is 10.5 Å². The van der Waals surface area contributed by atoms with Crippen molar-refractivity contribution in [2.24, 2.45) is 0 Å². The van der Waals surface area contributed by atoms with E-state index in [-0.39, 0.29) is 23.5 Å². The number of hydrogen-bond donors (Lipinski definition) is 2. The molecule has 4 aromatic carbocycles. The van der Waals surface area contributed by atoms with Crippen LogP contribution in [0.1, 0.15) is 43.0 Å². The minimum absolute atomic E-state index is 0.369. The minimum Gasteiger partial charge on any atom is -0.507 e. The fourth-order valence-electron chi connectivity index (χ4n) is 4.35. The fraction of sp³-hybridized carbons (Fsp3) is 0. The number of carbonyl (C=O) groups excluding carboxylic acids is 2. The third kappa shape index (κ3) is 4.63. The monoisotopic (exact) mass is 718 g/mol. The highest BCUT2D eigenvalue weighted by molar-refractivity contribution is 8.02. The lowest BCUT2D eigenvalue weighted by Gasteiger charge is -2.25. The zero-order valence-corrected chi connectivity index (χ0v) is 24.5. The SMILES string of the molecule is N#Cc1c(F)c(F)c(Sc2c(Cl)c3c(c(Cl)c2Sc2c(F)c(F)c(C#N)c(F)c2F)C(=O)c2c(O)ccc(O)c2C3=O)c(F)c1F. The van der Waals surface area contributed by atoms with Crippen LogP contribution in [0.4, 0.5) is 35.1 Å². The number of nitrogens with zero attached hydrogens (tertiary/aromatic N) is 2. The van der Waals surface area contributed by atoms with Gasteiger partial charge in [0.2, 0.25) is 0 Å². The second kappa shape index (κ2) is 11.7. The molecule has 0 radical (unpaired) electrons. The van der Waals surface area contributed by atoms with Gasteiger partial charge in [0.1, 0.15) is 34.8 Å². The van der Waals surface area contributed by atoms with Gasteiger partial charge in [-0.15, -0.1) is 0 Å². The van der Waals surface area contributed by atoms with Gasteiger partial charge in [0.05, 0.1) is 42.1 Å². The van der Waals surface area contributed by atoms with Gasteiger partial charge in [-0.05, 0) is 12.1 Å². The number of nitriles is 2. The number of halogens is 10. The molecule has 0 unspecified atom stereocenters. The van der Waals surface area contributed by atoms with Crippen molar-refractivity contribution in [2.45, 2.75) is 19.6 Å². The van der Waals surface area contributed by atoms with Crippen LogP contribution in [0.5, 0.6) is 11.5 Å². The molecule has 5 rings (SSSR count). The van der Waals surface area contributed by atoms with E-state index < -0.39 is 133 Å². The van der Waals surface area contributed by atoms with E-state index in [4.69, 9.17) is 33.7 Å². The highest BCUT2D eigenvalue weighted by Gasteiger charge is 2.41. The molecule has 18 heteroatoms. The Bertz CT molecular complexity index is 2010. The number of aromatic hydroxyl groups is 2. The van der Waals surface area contributed by atoms with Crippen molar-refractivity contribution in [1.29, 1.82) is 10.5 Å². The van der Waals surface area contributed by atoms with Crippen molar-refractivity contribution >= 4 is 58.3 Å². The number of benzene rings is 4. The van der Waals surface area contributed by atoms with Crippen LogP contribution in [-0.4, -0.2) is 21.8 Å². The summed E-state index contributed by atoms with van der Waals surface area (Å²) in [6.45, 7) is 0. The van der Waals surface area contributed by atoms with E-state index in [1.165, 1.54) is 0 Å². The molecule has 0 aliphatic heterocycles. The standard InChI is InChI=1S/C28H4Cl2F8N2O4S2/c29-13-11-12(24(44)10-8(42)2-1-7(41)9(10)23(11)43)14(30)26(46-28-21(37)17(33)6(4-40)18(34)22(28)38)25(13)45-27-19(35)15(31)5(3-39)16(32)20(27)36/h1-2,41-42H. The van der Waals surface area contributed by atoms with Gasteiger partial charge in [-0.1, -0.05) is 46.7 Å². The molecule has 4 aromatic rings. The highest BCUT2D eigenvalue weighted by Crippen LogP contribution is 2.54. The smallest absolute Gasteiger partial charge is 0.199 e. The number of fused-ring (bicyclic) bond motifs is 2. The predicted molar refractivity (Wildman–Crippen MR) is 143 cm³/mol. The maximum absolute atomic E-state index is 15.0. The molecule has 2 N–H and O–H groups in total. The topological polar surface area (TPSA) is 122 Å². The Morgan fingerprint density at radius 1 is 0.522 bits per heavy atom. The molecule has 0 spiro atoms. The average Bonchev–Trinajstić information content (AvgIpc) is 3.02. The van der Waals surface area contributed by atoms with E-state index >= 15 is 0 Å². The summed E-state index contributed by atoms with van der Waals surface area (Å²) in [5.41, 5.74) is -6.86. The van der Waals surface area contributed by atoms with Crippen LogP contribution in [0.2, 0.25) is 10.0 Å². The molecule has 6 nitrogen and oxygen atoms in total. The molecule has 0 saturated carbocycles.